The van der Waals surface area contributed by atoms with E-state index in [1.165, 1.54) is 0 Å². The Labute approximate surface area is 94.0 Å². The fraction of sp³-hybridized carbons (Fsp3) is 0.400. The Balaban J connectivity index is 2.63. The largest absolute Gasteiger partial charge is 0.490 e. The maximum atomic E-state index is 13.4. The number of aliphatic hydroxyl groups excluding tert-OH is 1. The molecule has 0 aliphatic carbocycles. The molecular weight excluding hydrogens is 270 g/mol. The van der Waals surface area contributed by atoms with Crippen LogP contribution in [0.25, 0.3) is 0 Å². The Bertz CT molecular complexity index is 395. The molecule has 1 aromatic rings. The molecule has 1 aromatic carbocycles. The van der Waals surface area contributed by atoms with Crippen molar-refractivity contribution in [3.8, 4) is 5.75 Å². The summed E-state index contributed by atoms with van der Waals surface area (Å²) in [5.41, 5.74) is 0.298. The molecule has 0 aromatic heterocycles. The smallest absolute Gasteiger partial charge is 0.201 e. The zero-order valence-electron chi connectivity index (χ0n) is 7.77. The van der Waals surface area contributed by atoms with Crippen LogP contribution in [-0.4, -0.2) is 11.7 Å². The molecule has 1 aliphatic heterocycles. The molecule has 82 valence electrons. The number of halogens is 3. The SMILES string of the molecule is O[C@@H]1CCCOc2c(F)c(F)cc(Br)c21. The Morgan fingerprint density at radius 1 is 1.47 bits per heavy atom. The first-order chi connectivity index (χ1) is 7.11. The Kier molecular flexibility index (Phi) is 2.93. The topological polar surface area (TPSA) is 29.5 Å². The van der Waals surface area contributed by atoms with Gasteiger partial charge in [-0.1, -0.05) is 15.9 Å². The second-order valence-electron chi connectivity index (χ2n) is 3.40. The Morgan fingerprint density at radius 2 is 2.20 bits per heavy atom. The number of rotatable bonds is 0. The van der Waals surface area contributed by atoms with Crippen molar-refractivity contribution in [1.82, 2.24) is 0 Å². The standard InChI is InChI=1S/C10H9BrF2O2/c11-5-4-6(12)9(13)10-8(5)7(14)2-1-3-15-10/h4,7,14H,1-3H2/t7-/m1/s1. The number of fused-ring (bicyclic) bond motifs is 1. The molecular formula is C10H9BrF2O2. The number of benzene rings is 1. The van der Waals surface area contributed by atoms with Gasteiger partial charge < -0.3 is 9.84 Å². The van der Waals surface area contributed by atoms with Gasteiger partial charge in [-0.05, 0) is 18.9 Å². The van der Waals surface area contributed by atoms with Gasteiger partial charge in [-0.15, -0.1) is 0 Å². The lowest BCUT2D eigenvalue weighted by Crippen LogP contribution is -2.02. The first kappa shape index (κ1) is 10.8. The lowest BCUT2D eigenvalue weighted by Gasteiger charge is -2.14. The molecule has 0 spiro atoms. The van der Waals surface area contributed by atoms with Crippen molar-refractivity contribution < 1.29 is 18.6 Å². The van der Waals surface area contributed by atoms with E-state index in [1.54, 1.807) is 0 Å². The second kappa shape index (κ2) is 4.06. The summed E-state index contributed by atoms with van der Waals surface area (Å²) < 4.78 is 31.9. The van der Waals surface area contributed by atoms with Gasteiger partial charge in [0, 0.05) is 10.0 Å². The van der Waals surface area contributed by atoms with E-state index in [4.69, 9.17) is 4.74 Å². The lowest BCUT2D eigenvalue weighted by atomic mass is 10.0. The highest BCUT2D eigenvalue weighted by atomic mass is 79.9. The maximum Gasteiger partial charge on any atom is 0.201 e. The van der Waals surface area contributed by atoms with Gasteiger partial charge in [-0.25, -0.2) is 4.39 Å². The molecule has 1 heterocycles. The summed E-state index contributed by atoms with van der Waals surface area (Å²) in [4.78, 5) is 0. The number of aliphatic hydroxyl groups is 1. The second-order valence-corrected chi connectivity index (χ2v) is 4.26. The van der Waals surface area contributed by atoms with Crippen molar-refractivity contribution in [1.29, 1.82) is 0 Å². The van der Waals surface area contributed by atoms with E-state index in [2.05, 4.69) is 15.9 Å². The minimum absolute atomic E-state index is 0.174. The van der Waals surface area contributed by atoms with Gasteiger partial charge in [0.15, 0.2) is 11.6 Å². The first-order valence-corrected chi connectivity index (χ1v) is 5.39. The van der Waals surface area contributed by atoms with E-state index in [0.29, 0.717) is 22.9 Å². The van der Waals surface area contributed by atoms with E-state index in [0.717, 1.165) is 6.07 Å². The fourth-order valence-electron chi connectivity index (χ4n) is 1.63. The van der Waals surface area contributed by atoms with Gasteiger partial charge in [0.1, 0.15) is 0 Å². The average molecular weight is 279 g/mol. The number of hydrogen-bond acceptors (Lipinski definition) is 2. The zero-order valence-corrected chi connectivity index (χ0v) is 9.35. The highest BCUT2D eigenvalue weighted by molar-refractivity contribution is 9.10. The van der Waals surface area contributed by atoms with Gasteiger partial charge >= 0.3 is 0 Å². The van der Waals surface area contributed by atoms with Crippen molar-refractivity contribution in [3.05, 3.63) is 27.7 Å². The average Bonchev–Trinajstić information content (AvgIpc) is 2.37. The van der Waals surface area contributed by atoms with Crippen LogP contribution >= 0.6 is 15.9 Å². The molecule has 0 amide bonds. The van der Waals surface area contributed by atoms with Crippen LogP contribution in [0.2, 0.25) is 0 Å². The molecule has 0 saturated carbocycles. The van der Waals surface area contributed by atoms with Crippen LogP contribution in [0, 0.1) is 11.6 Å². The van der Waals surface area contributed by atoms with Crippen molar-refractivity contribution in [2.75, 3.05) is 6.61 Å². The molecule has 15 heavy (non-hydrogen) atoms. The Morgan fingerprint density at radius 3 is 2.93 bits per heavy atom. The highest BCUT2D eigenvalue weighted by Gasteiger charge is 2.26. The Hall–Kier alpha value is -0.680. The van der Waals surface area contributed by atoms with Crippen LogP contribution in [0.5, 0.6) is 5.75 Å². The van der Waals surface area contributed by atoms with Crippen LogP contribution in [0.15, 0.2) is 10.5 Å². The van der Waals surface area contributed by atoms with Crippen LogP contribution in [0.3, 0.4) is 0 Å². The van der Waals surface area contributed by atoms with Gasteiger partial charge in [-0.3, -0.25) is 0 Å². The highest BCUT2D eigenvalue weighted by Crippen LogP contribution is 2.39. The van der Waals surface area contributed by atoms with Crippen molar-refractivity contribution in [3.63, 3.8) is 0 Å². The molecule has 1 aliphatic rings. The van der Waals surface area contributed by atoms with Crippen molar-refractivity contribution in [2.45, 2.75) is 18.9 Å². The van der Waals surface area contributed by atoms with E-state index in [9.17, 15) is 13.9 Å². The lowest BCUT2D eigenvalue weighted by molar-refractivity contribution is 0.166. The summed E-state index contributed by atoms with van der Waals surface area (Å²) in [6, 6.07) is 1.01. The third-order valence-electron chi connectivity index (χ3n) is 2.37. The van der Waals surface area contributed by atoms with Crippen LogP contribution in [-0.2, 0) is 0 Å². The molecule has 0 fully saturated rings. The van der Waals surface area contributed by atoms with Crippen LogP contribution in [0.4, 0.5) is 8.78 Å². The monoisotopic (exact) mass is 278 g/mol. The van der Waals surface area contributed by atoms with Gasteiger partial charge in [0.25, 0.3) is 0 Å². The molecule has 0 radical (unpaired) electrons. The summed E-state index contributed by atoms with van der Waals surface area (Å²) in [7, 11) is 0. The predicted octanol–water partition coefficient (Wildman–Crippen LogP) is 2.93. The maximum absolute atomic E-state index is 13.4. The van der Waals surface area contributed by atoms with E-state index >= 15 is 0 Å². The quantitative estimate of drug-likeness (QED) is 0.740. The van der Waals surface area contributed by atoms with Crippen molar-refractivity contribution in [2.24, 2.45) is 0 Å². The molecule has 1 N–H and O–H groups in total. The molecule has 1 atom stereocenters. The van der Waals surface area contributed by atoms with Crippen LogP contribution in [0.1, 0.15) is 24.5 Å². The van der Waals surface area contributed by atoms with Crippen molar-refractivity contribution >= 4 is 15.9 Å². The molecule has 2 nitrogen and oxygen atoms in total. The summed E-state index contributed by atoms with van der Waals surface area (Å²) >= 11 is 3.10. The number of ether oxygens (including phenoxy) is 1. The summed E-state index contributed by atoms with van der Waals surface area (Å²) in [5.74, 6) is -2.18. The van der Waals surface area contributed by atoms with E-state index in [-0.39, 0.29) is 12.4 Å². The molecule has 0 bridgehead atoms. The molecule has 2 rings (SSSR count). The van der Waals surface area contributed by atoms with E-state index < -0.39 is 17.7 Å². The summed E-state index contributed by atoms with van der Waals surface area (Å²) in [6.07, 6.45) is 0.284. The molecule has 0 unspecified atom stereocenters. The van der Waals surface area contributed by atoms with E-state index in [1.807, 2.05) is 0 Å². The minimum Gasteiger partial charge on any atom is -0.490 e. The molecule has 5 heteroatoms. The minimum atomic E-state index is -1.03. The number of hydrogen-bond donors (Lipinski definition) is 1. The van der Waals surface area contributed by atoms with Crippen LogP contribution < -0.4 is 4.74 Å². The zero-order chi connectivity index (χ0) is 11.0. The third kappa shape index (κ3) is 1.86. The predicted molar refractivity (Wildman–Crippen MR) is 53.7 cm³/mol. The summed E-state index contributed by atoms with van der Waals surface area (Å²) in [5, 5.41) is 9.74. The normalized spacial score (nSPS) is 20.4. The summed E-state index contributed by atoms with van der Waals surface area (Å²) in [6.45, 7) is 0.289. The fourth-order valence-corrected chi connectivity index (χ4v) is 2.28. The third-order valence-corrected chi connectivity index (χ3v) is 3.02. The van der Waals surface area contributed by atoms with Gasteiger partial charge in [0.05, 0.1) is 12.7 Å². The van der Waals surface area contributed by atoms with Gasteiger partial charge in [-0.2, -0.15) is 4.39 Å². The molecule has 0 saturated heterocycles. The van der Waals surface area contributed by atoms with Gasteiger partial charge in [0.2, 0.25) is 5.82 Å². The first-order valence-electron chi connectivity index (χ1n) is 4.59.